The van der Waals surface area contributed by atoms with E-state index in [0.717, 1.165) is 5.39 Å². The van der Waals surface area contributed by atoms with Crippen molar-refractivity contribution < 1.29 is 4.79 Å². The number of para-hydroxylation sites is 1. The van der Waals surface area contributed by atoms with Crippen LogP contribution in [-0.2, 0) is 0 Å². The molecule has 2 heterocycles. The molecule has 5 heteroatoms. The number of fused-ring (bicyclic) bond motifs is 1. The molecule has 2 aromatic heterocycles. The van der Waals surface area contributed by atoms with Gasteiger partial charge in [-0.05, 0) is 24.3 Å². The van der Waals surface area contributed by atoms with E-state index < -0.39 is 0 Å². The number of nitrogens with one attached hydrogen (secondary N) is 1. The number of hydrogen-bond donors (Lipinski definition) is 1. The SMILES string of the molecule is O=C(Nc1ccnc2c(Cl)cccc12)c1ccncc1. The summed E-state index contributed by atoms with van der Waals surface area (Å²) in [5, 5.41) is 4.23. The summed E-state index contributed by atoms with van der Waals surface area (Å²) in [4.78, 5) is 20.3. The fourth-order valence-corrected chi connectivity index (χ4v) is 2.17. The number of aromatic nitrogens is 2. The topological polar surface area (TPSA) is 54.9 Å². The van der Waals surface area contributed by atoms with Gasteiger partial charge in [-0.15, -0.1) is 0 Å². The summed E-state index contributed by atoms with van der Waals surface area (Å²) in [6, 6.07) is 10.5. The lowest BCUT2D eigenvalue weighted by molar-refractivity contribution is 0.102. The van der Waals surface area contributed by atoms with Gasteiger partial charge in [0.25, 0.3) is 5.91 Å². The van der Waals surface area contributed by atoms with Gasteiger partial charge in [0, 0.05) is 29.5 Å². The van der Waals surface area contributed by atoms with E-state index in [-0.39, 0.29) is 5.91 Å². The highest BCUT2D eigenvalue weighted by Gasteiger charge is 2.09. The van der Waals surface area contributed by atoms with Gasteiger partial charge in [0.05, 0.1) is 16.2 Å². The molecule has 0 saturated carbocycles. The first kappa shape index (κ1) is 12.6. The Kier molecular flexibility index (Phi) is 3.31. The highest BCUT2D eigenvalue weighted by molar-refractivity contribution is 6.35. The van der Waals surface area contributed by atoms with Crippen molar-refractivity contribution in [3.8, 4) is 0 Å². The molecule has 1 N–H and O–H groups in total. The zero-order valence-corrected chi connectivity index (χ0v) is 11.1. The highest BCUT2D eigenvalue weighted by Crippen LogP contribution is 2.27. The molecule has 0 unspecified atom stereocenters. The Morgan fingerprint density at radius 3 is 2.65 bits per heavy atom. The molecule has 0 fully saturated rings. The van der Waals surface area contributed by atoms with Crippen LogP contribution in [0.5, 0.6) is 0 Å². The molecular weight excluding hydrogens is 274 g/mol. The maximum atomic E-state index is 12.2. The molecule has 20 heavy (non-hydrogen) atoms. The van der Waals surface area contributed by atoms with Crippen LogP contribution in [0.4, 0.5) is 5.69 Å². The molecule has 0 radical (unpaired) electrons. The molecule has 3 aromatic rings. The van der Waals surface area contributed by atoms with Crippen LogP contribution in [0.2, 0.25) is 5.02 Å². The second-order valence-electron chi connectivity index (χ2n) is 4.18. The van der Waals surface area contributed by atoms with E-state index in [4.69, 9.17) is 11.6 Å². The third kappa shape index (κ3) is 2.33. The van der Waals surface area contributed by atoms with E-state index in [1.807, 2.05) is 12.1 Å². The number of anilines is 1. The second kappa shape index (κ2) is 5.27. The van der Waals surface area contributed by atoms with Crippen LogP contribution in [-0.4, -0.2) is 15.9 Å². The normalized spacial score (nSPS) is 10.4. The lowest BCUT2D eigenvalue weighted by Crippen LogP contribution is -2.12. The minimum Gasteiger partial charge on any atom is -0.321 e. The number of benzene rings is 1. The summed E-state index contributed by atoms with van der Waals surface area (Å²) < 4.78 is 0. The minimum atomic E-state index is -0.195. The van der Waals surface area contributed by atoms with E-state index in [9.17, 15) is 4.79 Å². The van der Waals surface area contributed by atoms with Crippen LogP contribution in [0, 0.1) is 0 Å². The molecule has 0 aliphatic carbocycles. The number of hydrogen-bond acceptors (Lipinski definition) is 3. The summed E-state index contributed by atoms with van der Waals surface area (Å²) in [7, 11) is 0. The summed E-state index contributed by atoms with van der Waals surface area (Å²) in [5.74, 6) is -0.195. The van der Waals surface area contributed by atoms with Gasteiger partial charge in [-0.25, -0.2) is 0 Å². The minimum absolute atomic E-state index is 0.195. The van der Waals surface area contributed by atoms with Crippen LogP contribution in [0.1, 0.15) is 10.4 Å². The molecular formula is C15H10ClN3O. The standard InChI is InChI=1S/C15H10ClN3O/c16-12-3-1-2-11-13(6-9-18-14(11)12)19-15(20)10-4-7-17-8-5-10/h1-9H,(H,18,19,20). The number of pyridine rings is 2. The van der Waals surface area contributed by atoms with Crippen LogP contribution < -0.4 is 5.32 Å². The average Bonchev–Trinajstić information content (AvgIpc) is 2.49. The first-order valence-electron chi connectivity index (χ1n) is 6.00. The molecule has 0 atom stereocenters. The van der Waals surface area contributed by atoms with Crippen molar-refractivity contribution in [2.24, 2.45) is 0 Å². The van der Waals surface area contributed by atoms with Gasteiger partial charge < -0.3 is 5.32 Å². The summed E-state index contributed by atoms with van der Waals surface area (Å²) in [5.41, 5.74) is 1.90. The molecule has 98 valence electrons. The van der Waals surface area contributed by atoms with Crippen molar-refractivity contribution in [2.75, 3.05) is 5.32 Å². The number of carbonyl (C=O) groups excluding carboxylic acids is 1. The van der Waals surface area contributed by atoms with Gasteiger partial charge in [0.15, 0.2) is 0 Å². The molecule has 0 aliphatic heterocycles. The average molecular weight is 284 g/mol. The van der Waals surface area contributed by atoms with Crippen molar-refractivity contribution in [2.45, 2.75) is 0 Å². The Morgan fingerprint density at radius 2 is 1.85 bits per heavy atom. The van der Waals surface area contributed by atoms with Crippen molar-refractivity contribution >= 4 is 34.1 Å². The summed E-state index contributed by atoms with van der Waals surface area (Å²) in [6.07, 6.45) is 4.78. The van der Waals surface area contributed by atoms with Gasteiger partial charge in [-0.1, -0.05) is 23.7 Å². The van der Waals surface area contributed by atoms with Crippen LogP contribution in [0.3, 0.4) is 0 Å². The fourth-order valence-electron chi connectivity index (χ4n) is 1.95. The van der Waals surface area contributed by atoms with E-state index >= 15 is 0 Å². The Balaban J connectivity index is 2.00. The number of carbonyl (C=O) groups is 1. The Hall–Kier alpha value is -2.46. The van der Waals surface area contributed by atoms with E-state index in [1.165, 1.54) is 0 Å². The predicted octanol–water partition coefficient (Wildman–Crippen LogP) is 3.54. The van der Waals surface area contributed by atoms with Gasteiger partial charge >= 0.3 is 0 Å². The number of rotatable bonds is 2. The number of nitrogens with zero attached hydrogens (tertiary/aromatic N) is 2. The second-order valence-corrected chi connectivity index (χ2v) is 4.59. The molecule has 1 amide bonds. The predicted molar refractivity (Wildman–Crippen MR) is 78.9 cm³/mol. The van der Waals surface area contributed by atoms with Crippen LogP contribution in [0.25, 0.3) is 10.9 Å². The van der Waals surface area contributed by atoms with E-state index in [1.54, 1.807) is 42.9 Å². The monoisotopic (exact) mass is 283 g/mol. The van der Waals surface area contributed by atoms with Crippen molar-refractivity contribution in [3.63, 3.8) is 0 Å². The Bertz CT molecular complexity index is 774. The lowest BCUT2D eigenvalue weighted by Gasteiger charge is -2.08. The first-order valence-corrected chi connectivity index (χ1v) is 6.38. The molecule has 3 rings (SSSR count). The zero-order valence-electron chi connectivity index (χ0n) is 10.4. The molecule has 0 saturated heterocycles. The maximum absolute atomic E-state index is 12.2. The Morgan fingerprint density at radius 1 is 1.05 bits per heavy atom. The number of halogens is 1. The van der Waals surface area contributed by atoms with Crippen LogP contribution in [0.15, 0.2) is 55.0 Å². The highest BCUT2D eigenvalue weighted by atomic mass is 35.5. The Labute approximate surface area is 120 Å². The van der Waals surface area contributed by atoms with Gasteiger partial charge in [0.1, 0.15) is 0 Å². The smallest absolute Gasteiger partial charge is 0.255 e. The third-order valence-corrected chi connectivity index (χ3v) is 3.22. The molecule has 1 aromatic carbocycles. The third-order valence-electron chi connectivity index (χ3n) is 2.91. The maximum Gasteiger partial charge on any atom is 0.255 e. The van der Waals surface area contributed by atoms with Gasteiger partial charge in [-0.3, -0.25) is 14.8 Å². The molecule has 0 aliphatic rings. The van der Waals surface area contributed by atoms with Crippen LogP contribution >= 0.6 is 11.6 Å². The quantitative estimate of drug-likeness (QED) is 0.783. The molecule has 0 spiro atoms. The van der Waals surface area contributed by atoms with E-state index in [0.29, 0.717) is 21.8 Å². The molecule has 0 bridgehead atoms. The summed E-state index contributed by atoms with van der Waals surface area (Å²) in [6.45, 7) is 0. The zero-order chi connectivity index (χ0) is 13.9. The number of amides is 1. The van der Waals surface area contributed by atoms with Crippen molar-refractivity contribution in [3.05, 3.63) is 65.6 Å². The fraction of sp³-hybridized carbons (Fsp3) is 0. The summed E-state index contributed by atoms with van der Waals surface area (Å²) >= 11 is 6.10. The van der Waals surface area contributed by atoms with Crippen molar-refractivity contribution in [1.82, 2.24) is 9.97 Å². The van der Waals surface area contributed by atoms with Gasteiger partial charge in [-0.2, -0.15) is 0 Å². The lowest BCUT2D eigenvalue weighted by atomic mass is 10.1. The van der Waals surface area contributed by atoms with Gasteiger partial charge in [0.2, 0.25) is 0 Å². The molecule has 4 nitrogen and oxygen atoms in total. The first-order chi connectivity index (χ1) is 9.75. The largest absolute Gasteiger partial charge is 0.321 e. The van der Waals surface area contributed by atoms with Crippen molar-refractivity contribution in [1.29, 1.82) is 0 Å². The van der Waals surface area contributed by atoms with E-state index in [2.05, 4.69) is 15.3 Å².